The van der Waals surface area contributed by atoms with Crippen molar-refractivity contribution in [1.29, 1.82) is 0 Å². The van der Waals surface area contributed by atoms with Crippen LogP contribution in [0.2, 0.25) is 0 Å². The van der Waals surface area contributed by atoms with Crippen molar-refractivity contribution in [2.24, 2.45) is 11.8 Å². The fourth-order valence-corrected chi connectivity index (χ4v) is 4.40. The average Bonchev–Trinajstić information content (AvgIpc) is 3.23. The highest BCUT2D eigenvalue weighted by Gasteiger charge is 2.46. The largest absolute Gasteiger partial charge is 0.377 e. The van der Waals surface area contributed by atoms with Gasteiger partial charge in [-0.3, -0.25) is 9.80 Å². The van der Waals surface area contributed by atoms with Gasteiger partial charge in [0.25, 0.3) is 0 Å². The Bertz CT molecular complexity index is 737. The summed E-state index contributed by atoms with van der Waals surface area (Å²) in [6.45, 7) is 4.01. The first-order valence-electron chi connectivity index (χ1n) is 8.62. The zero-order chi connectivity index (χ0) is 17.4. The molecule has 0 unspecified atom stereocenters. The lowest BCUT2D eigenvalue weighted by molar-refractivity contribution is 0.174. The summed E-state index contributed by atoms with van der Waals surface area (Å²) in [6, 6.07) is 7.27. The molecule has 2 aliphatic rings. The third-order valence-electron chi connectivity index (χ3n) is 5.30. The third kappa shape index (κ3) is 3.31. The van der Waals surface area contributed by atoms with Gasteiger partial charge >= 0.3 is 0 Å². The van der Waals surface area contributed by atoms with Crippen molar-refractivity contribution in [3.63, 3.8) is 0 Å². The maximum absolute atomic E-state index is 13.7. The summed E-state index contributed by atoms with van der Waals surface area (Å²) in [5.74, 6) is 2.12. The molecular weight excluding hydrogens is 323 g/mol. The number of nitrogens with zero attached hydrogens (tertiary/aromatic N) is 4. The molecule has 2 aromatic rings. The summed E-state index contributed by atoms with van der Waals surface area (Å²) in [7, 11) is 3.74. The van der Waals surface area contributed by atoms with Crippen molar-refractivity contribution in [1.82, 2.24) is 19.9 Å². The van der Waals surface area contributed by atoms with Crippen molar-refractivity contribution in [3.05, 3.63) is 47.4 Å². The zero-order valence-corrected chi connectivity index (χ0v) is 14.6. The molecule has 25 heavy (non-hydrogen) atoms. The van der Waals surface area contributed by atoms with Gasteiger partial charge in [0.2, 0.25) is 5.89 Å². The molecule has 0 radical (unpaired) electrons. The van der Waals surface area contributed by atoms with Gasteiger partial charge in [0.15, 0.2) is 5.82 Å². The number of likely N-dealkylation sites (tertiary alicyclic amines) is 2. The van der Waals surface area contributed by atoms with Crippen molar-refractivity contribution < 1.29 is 13.7 Å². The number of rotatable bonds is 5. The number of hydrogen-bond acceptors (Lipinski definition) is 6. The van der Waals surface area contributed by atoms with Gasteiger partial charge in [-0.15, -0.1) is 0 Å². The minimum atomic E-state index is -0.166. The lowest BCUT2D eigenvalue weighted by atomic mass is 9.89. The van der Waals surface area contributed by atoms with Crippen LogP contribution in [0.4, 0.5) is 4.39 Å². The third-order valence-corrected chi connectivity index (χ3v) is 5.30. The molecule has 6 nitrogen and oxygen atoms in total. The molecule has 3 heterocycles. The van der Waals surface area contributed by atoms with Gasteiger partial charge in [-0.05, 0) is 36.6 Å². The number of methoxy groups -OCH3 is 1. The fraction of sp³-hybridized carbons (Fsp3) is 0.556. The predicted molar refractivity (Wildman–Crippen MR) is 89.0 cm³/mol. The number of hydrogen-bond donors (Lipinski definition) is 0. The van der Waals surface area contributed by atoms with Crippen molar-refractivity contribution >= 4 is 0 Å². The average molecular weight is 346 g/mol. The summed E-state index contributed by atoms with van der Waals surface area (Å²) in [6.07, 6.45) is 0. The lowest BCUT2D eigenvalue weighted by Crippen LogP contribution is -2.29. The Kier molecular flexibility index (Phi) is 4.54. The molecular formula is C18H23FN4O2. The molecule has 0 bridgehead atoms. The first-order valence-corrected chi connectivity index (χ1v) is 8.62. The summed E-state index contributed by atoms with van der Waals surface area (Å²) in [4.78, 5) is 9.07. The fourth-order valence-electron chi connectivity index (χ4n) is 4.40. The van der Waals surface area contributed by atoms with Crippen LogP contribution in [0.1, 0.15) is 23.3 Å². The SMILES string of the molecule is COCc1noc(CN2C[C@@H]3CN(C)[C@@H](c4cccc(F)c4)[C@@H]3C2)n1. The summed E-state index contributed by atoms with van der Waals surface area (Å²) < 4.78 is 24.0. The predicted octanol–water partition coefficient (Wildman–Crippen LogP) is 2.09. The molecule has 1 aromatic heterocycles. The smallest absolute Gasteiger partial charge is 0.240 e. The van der Waals surface area contributed by atoms with Gasteiger partial charge in [0, 0.05) is 32.8 Å². The van der Waals surface area contributed by atoms with Gasteiger partial charge in [-0.25, -0.2) is 4.39 Å². The minimum Gasteiger partial charge on any atom is -0.377 e. The Hall–Kier alpha value is -1.83. The first kappa shape index (κ1) is 16.6. The van der Waals surface area contributed by atoms with Crippen molar-refractivity contribution in [3.8, 4) is 0 Å². The van der Waals surface area contributed by atoms with Crippen LogP contribution in [0.15, 0.2) is 28.8 Å². The lowest BCUT2D eigenvalue weighted by Gasteiger charge is -2.26. The highest BCUT2D eigenvalue weighted by molar-refractivity contribution is 5.23. The van der Waals surface area contributed by atoms with E-state index in [1.165, 1.54) is 6.07 Å². The monoisotopic (exact) mass is 346 g/mol. The molecule has 1 aromatic carbocycles. The maximum atomic E-state index is 13.7. The van der Waals surface area contributed by atoms with Gasteiger partial charge < -0.3 is 9.26 Å². The summed E-state index contributed by atoms with van der Waals surface area (Å²) in [5.41, 5.74) is 1.07. The van der Waals surface area contributed by atoms with Gasteiger partial charge in [0.1, 0.15) is 12.4 Å². The summed E-state index contributed by atoms with van der Waals surface area (Å²) in [5, 5.41) is 3.92. The Labute approximate surface area is 146 Å². The van der Waals surface area contributed by atoms with Crippen LogP contribution >= 0.6 is 0 Å². The number of halogens is 1. The first-order chi connectivity index (χ1) is 12.1. The van der Waals surface area contributed by atoms with E-state index in [1.54, 1.807) is 19.2 Å². The van der Waals surface area contributed by atoms with E-state index in [9.17, 15) is 4.39 Å². The molecule has 2 aliphatic heterocycles. The van der Waals surface area contributed by atoms with E-state index in [4.69, 9.17) is 9.26 Å². The second kappa shape index (κ2) is 6.82. The molecule has 0 aliphatic carbocycles. The van der Waals surface area contributed by atoms with Crippen LogP contribution in [-0.4, -0.2) is 53.7 Å². The molecule has 0 spiro atoms. The van der Waals surface area contributed by atoms with E-state index in [-0.39, 0.29) is 11.9 Å². The van der Waals surface area contributed by atoms with E-state index in [0.717, 1.165) is 25.2 Å². The van der Waals surface area contributed by atoms with Crippen LogP contribution in [0.25, 0.3) is 0 Å². The highest BCUT2D eigenvalue weighted by atomic mass is 19.1. The Morgan fingerprint density at radius 1 is 1.32 bits per heavy atom. The van der Waals surface area contributed by atoms with Crippen LogP contribution in [0, 0.1) is 17.7 Å². The van der Waals surface area contributed by atoms with E-state index >= 15 is 0 Å². The molecule has 4 rings (SSSR count). The normalized spacial score (nSPS) is 27.1. The van der Waals surface area contributed by atoms with Gasteiger partial charge in [-0.2, -0.15) is 4.98 Å². The molecule has 7 heteroatoms. The van der Waals surface area contributed by atoms with Crippen LogP contribution < -0.4 is 0 Å². The second-order valence-corrected chi connectivity index (χ2v) is 7.09. The minimum absolute atomic E-state index is 0.166. The second-order valence-electron chi connectivity index (χ2n) is 7.09. The Morgan fingerprint density at radius 2 is 2.20 bits per heavy atom. The van der Waals surface area contributed by atoms with Gasteiger partial charge in [-0.1, -0.05) is 17.3 Å². The highest BCUT2D eigenvalue weighted by Crippen LogP contribution is 2.44. The van der Waals surface area contributed by atoms with E-state index < -0.39 is 0 Å². The Balaban J connectivity index is 1.45. The summed E-state index contributed by atoms with van der Waals surface area (Å²) >= 11 is 0. The molecule has 0 N–H and O–H groups in total. The van der Waals surface area contributed by atoms with Crippen molar-refractivity contribution in [2.75, 3.05) is 33.8 Å². The molecule has 134 valence electrons. The molecule has 2 saturated heterocycles. The van der Waals surface area contributed by atoms with E-state index in [1.807, 2.05) is 6.07 Å². The van der Waals surface area contributed by atoms with Crippen LogP contribution in [0.3, 0.4) is 0 Å². The maximum Gasteiger partial charge on any atom is 0.240 e. The van der Waals surface area contributed by atoms with Crippen LogP contribution in [-0.2, 0) is 17.9 Å². The van der Waals surface area contributed by atoms with E-state index in [0.29, 0.717) is 36.7 Å². The van der Waals surface area contributed by atoms with E-state index in [2.05, 4.69) is 27.0 Å². The Morgan fingerprint density at radius 3 is 3.00 bits per heavy atom. The number of fused-ring (bicyclic) bond motifs is 1. The van der Waals surface area contributed by atoms with Gasteiger partial charge in [0.05, 0.1) is 6.54 Å². The van der Waals surface area contributed by atoms with Crippen molar-refractivity contribution in [2.45, 2.75) is 19.2 Å². The molecule has 0 amide bonds. The molecule has 0 saturated carbocycles. The standard InChI is InChI=1S/C18H23FN4O2/c1-22-7-13-8-23(10-17-20-16(11-24-2)21-25-17)9-15(13)18(22)12-4-3-5-14(19)6-12/h3-6,13,15,18H,7-11H2,1-2H3/t13-,15+,18-/m0/s1. The molecule has 3 atom stereocenters. The topological polar surface area (TPSA) is 54.6 Å². The number of ether oxygens (including phenoxy) is 1. The van der Waals surface area contributed by atoms with Crippen LogP contribution in [0.5, 0.6) is 0 Å². The molecule has 2 fully saturated rings. The quantitative estimate of drug-likeness (QED) is 0.826. The number of aromatic nitrogens is 2. The number of benzene rings is 1. The zero-order valence-electron chi connectivity index (χ0n) is 14.6.